The summed E-state index contributed by atoms with van der Waals surface area (Å²) in [6.07, 6.45) is 2.94. The van der Waals surface area contributed by atoms with Gasteiger partial charge in [0, 0.05) is 31.9 Å². The van der Waals surface area contributed by atoms with Gasteiger partial charge in [0.15, 0.2) is 0 Å². The summed E-state index contributed by atoms with van der Waals surface area (Å²) in [6, 6.07) is 0.208. The van der Waals surface area contributed by atoms with Crippen molar-refractivity contribution in [1.82, 2.24) is 14.5 Å². The van der Waals surface area contributed by atoms with Crippen molar-refractivity contribution < 1.29 is 4.79 Å². The molecule has 0 atom stereocenters. The second-order valence-electron chi connectivity index (χ2n) is 4.61. The van der Waals surface area contributed by atoms with Gasteiger partial charge in [0.05, 0.1) is 0 Å². The largest absolute Gasteiger partial charge is 0.356 e. The molecule has 5 heteroatoms. The van der Waals surface area contributed by atoms with Gasteiger partial charge in [0.1, 0.15) is 5.69 Å². The Hall–Kier alpha value is -1.52. The van der Waals surface area contributed by atoms with E-state index in [1.165, 1.54) is 0 Å². The summed E-state index contributed by atoms with van der Waals surface area (Å²) in [5.74, 6) is 0.839. The van der Waals surface area contributed by atoms with Gasteiger partial charge >= 0.3 is 0 Å². The maximum Gasteiger partial charge on any atom is 0.274 e. The van der Waals surface area contributed by atoms with Gasteiger partial charge < -0.3 is 14.8 Å². The molecule has 0 saturated carbocycles. The summed E-state index contributed by atoms with van der Waals surface area (Å²) in [6.45, 7) is 8.63. The third kappa shape index (κ3) is 2.28. The molecule has 1 aliphatic heterocycles. The molecule has 1 amide bonds. The number of nitrogens with one attached hydrogen (secondary N) is 1. The molecule has 0 aromatic carbocycles. The van der Waals surface area contributed by atoms with E-state index in [-0.39, 0.29) is 11.9 Å². The molecule has 1 aromatic rings. The summed E-state index contributed by atoms with van der Waals surface area (Å²) in [4.78, 5) is 18.4. The van der Waals surface area contributed by atoms with E-state index >= 15 is 0 Å². The number of imidazole rings is 1. The molecular formula is C12H20N4O. The van der Waals surface area contributed by atoms with E-state index in [0.29, 0.717) is 12.2 Å². The van der Waals surface area contributed by atoms with E-state index in [0.717, 1.165) is 25.5 Å². The summed E-state index contributed by atoms with van der Waals surface area (Å²) in [7, 11) is 0. The number of carbonyl (C=O) groups is 1. The highest BCUT2D eigenvalue weighted by molar-refractivity contribution is 5.92. The Morgan fingerprint density at radius 1 is 1.65 bits per heavy atom. The predicted octanol–water partition coefficient (Wildman–Crippen LogP) is 1.57. The third-order valence-electron chi connectivity index (χ3n) is 3.08. The van der Waals surface area contributed by atoms with Crippen molar-refractivity contribution in [1.29, 1.82) is 0 Å². The van der Waals surface area contributed by atoms with E-state index < -0.39 is 0 Å². The van der Waals surface area contributed by atoms with E-state index in [2.05, 4.69) is 10.3 Å². The van der Waals surface area contributed by atoms with Crippen LogP contribution in [0.1, 0.15) is 37.7 Å². The van der Waals surface area contributed by atoms with Crippen molar-refractivity contribution in [2.45, 2.75) is 39.8 Å². The van der Waals surface area contributed by atoms with Crippen molar-refractivity contribution in [3.63, 3.8) is 0 Å². The number of aryl methyl sites for hydroxylation is 1. The van der Waals surface area contributed by atoms with Gasteiger partial charge in [-0.15, -0.1) is 0 Å². The molecule has 94 valence electrons. The lowest BCUT2D eigenvalue weighted by molar-refractivity contribution is 0.0711. The molecule has 17 heavy (non-hydrogen) atoms. The first kappa shape index (κ1) is 12.0. The average Bonchev–Trinajstić information content (AvgIpc) is 2.72. The van der Waals surface area contributed by atoms with Crippen LogP contribution in [0.4, 0.5) is 5.95 Å². The monoisotopic (exact) mass is 236 g/mol. The molecule has 2 heterocycles. The minimum absolute atomic E-state index is 0.0196. The van der Waals surface area contributed by atoms with Crippen LogP contribution in [0, 0.1) is 0 Å². The molecule has 0 aliphatic carbocycles. The van der Waals surface area contributed by atoms with Crippen molar-refractivity contribution in [2.75, 3.05) is 18.4 Å². The maximum absolute atomic E-state index is 12.3. The Bertz CT molecular complexity index is 387. The molecule has 1 aliphatic rings. The second kappa shape index (κ2) is 4.77. The minimum Gasteiger partial charge on any atom is -0.356 e. The van der Waals surface area contributed by atoms with Gasteiger partial charge in [-0.3, -0.25) is 4.79 Å². The van der Waals surface area contributed by atoms with E-state index in [1.807, 2.05) is 36.4 Å². The van der Waals surface area contributed by atoms with Crippen LogP contribution in [0.15, 0.2) is 6.20 Å². The molecule has 0 fully saturated rings. The number of hydrogen-bond donors (Lipinski definition) is 1. The first-order valence-corrected chi connectivity index (χ1v) is 6.25. The minimum atomic E-state index is 0.0196. The Morgan fingerprint density at radius 3 is 3.00 bits per heavy atom. The standard InChI is InChI=1S/C12H20N4O/c1-4-16(9(2)3)11(17)10-8-15-7-5-6-13-12(15)14-10/h8-9H,4-7H2,1-3H3,(H,13,14). The van der Waals surface area contributed by atoms with Crippen molar-refractivity contribution in [3.8, 4) is 0 Å². The highest BCUT2D eigenvalue weighted by Gasteiger charge is 2.22. The molecule has 5 nitrogen and oxygen atoms in total. The number of carbonyl (C=O) groups excluding carboxylic acids is 1. The summed E-state index contributed by atoms with van der Waals surface area (Å²) < 4.78 is 2.02. The topological polar surface area (TPSA) is 50.2 Å². The van der Waals surface area contributed by atoms with Crippen LogP contribution >= 0.6 is 0 Å². The number of fused-ring (bicyclic) bond motifs is 1. The van der Waals surface area contributed by atoms with Gasteiger partial charge in [-0.05, 0) is 27.2 Å². The Balaban J connectivity index is 2.21. The van der Waals surface area contributed by atoms with Crippen molar-refractivity contribution in [2.24, 2.45) is 0 Å². The number of hydrogen-bond acceptors (Lipinski definition) is 3. The van der Waals surface area contributed by atoms with Gasteiger partial charge in [0.2, 0.25) is 5.95 Å². The third-order valence-corrected chi connectivity index (χ3v) is 3.08. The summed E-state index contributed by atoms with van der Waals surface area (Å²) >= 11 is 0. The fourth-order valence-corrected chi connectivity index (χ4v) is 2.17. The Morgan fingerprint density at radius 2 is 2.41 bits per heavy atom. The van der Waals surface area contributed by atoms with Crippen LogP contribution < -0.4 is 5.32 Å². The molecule has 0 saturated heterocycles. The van der Waals surface area contributed by atoms with Crippen LogP contribution in [0.3, 0.4) is 0 Å². The second-order valence-corrected chi connectivity index (χ2v) is 4.61. The highest BCUT2D eigenvalue weighted by Crippen LogP contribution is 2.16. The molecular weight excluding hydrogens is 216 g/mol. The molecule has 0 unspecified atom stereocenters. The van der Waals surface area contributed by atoms with Crippen molar-refractivity contribution >= 4 is 11.9 Å². The first-order chi connectivity index (χ1) is 8.13. The van der Waals surface area contributed by atoms with Crippen LogP contribution in [0.2, 0.25) is 0 Å². The lowest BCUT2D eigenvalue weighted by Gasteiger charge is -2.23. The predicted molar refractivity (Wildman–Crippen MR) is 67.2 cm³/mol. The highest BCUT2D eigenvalue weighted by atomic mass is 16.2. The van der Waals surface area contributed by atoms with Gasteiger partial charge in [-0.25, -0.2) is 4.98 Å². The van der Waals surface area contributed by atoms with E-state index in [4.69, 9.17) is 0 Å². The molecule has 0 spiro atoms. The van der Waals surface area contributed by atoms with Gasteiger partial charge in [-0.2, -0.15) is 0 Å². The molecule has 1 aromatic heterocycles. The maximum atomic E-state index is 12.3. The lowest BCUT2D eigenvalue weighted by Crippen LogP contribution is -2.36. The molecule has 2 rings (SSSR count). The normalized spacial score (nSPS) is 14.4. The average molecular weight is 236 g/mol. The van der Waals surface area contributed by atoms with Crippen LogP contribution in [-0.4, -0.2) is 39.5 Å². The fourth-order valence-electron chi connectivity index (χ4n) is 2.17. The number of aromatic nitrogens is 2. The number of rotatable bonds is 3. The van der Waals surface area contributed by atoms with Crippen LogP contribution in [0.25, 0.3) is 0 Å². The summed E-state index contributed by atoms with van der Waals surface area (Å²) in [5, 5.41) is 3.21. The smallest absolute Gasteiger partial charge is 0.274 e. The zero-order valence-electron chi connectivity index (χ0n) is 10.7. The fraction of sp³-hybridized carbons (Fsp3) is 0.667. The molecule has 0 radical (unpaired) electrons. The Kier molecular flexibility index (Phi) is 3.36. The first-order valence-electron chi connectivity index (χ1n) is 6.25. The lowest BCUT2D eigenvalue weighted by atomic mass is 10.3. The van der Waals surface area contributed by atoms with Crippen LogP contribution in [0.5, 0.6) is 0 Å². The molecule has 1 N–H and O–H groups in total. The van der Waals surface area contributed by atoms with E-state index in [1.54, 1.807) is 0 Å². The SMILES string of the molecule is CCN(C(=O)c1cn2c(n1)NCCC2)C(C)C. The van der Waals surface area contributed by atoms with Crippen molar-refractivity contribution in [3.05, 3.63) is 11.9 Å². The summed E-state index contributed by atoms with van der Waals surface area (Å²) in [5.41, 5.74) is 0.546. The van der Waals surface area contributed by atoms with Gasteiger partial charge in [-0.1, -0.05) is 0 Å². The van der Waals surface area contributed by atoms with Gasteiger partial charge in [0.25, 0.3) is 5.91 Å². The number of anilines is 1. The quantitative estimate of drug-likeness (QED) is 0.866. The zero-order valence-corrected chi connectivity index (χ0v) is 10.7. The Labute approximate surface area is 102 Å². The van der Waals surface area contributed by atoms with E-state index in [9.17, 15) is 4.79 Å². The van der Waals surface area contributed by atoms with Crippen LogP contribution in [-0.2, 0) is 6.54 Å². The molecule has 0 bridgehead atoms. The number of amides is 1. The zero-order chi connectivity index (χ0) is 12.4. The number of nitrogens with zero attached hydrogens (tertiary/aromatic N) is 3.